The van der Waals surface area contributed by atoms with Gasteiger partial charge in [-0.05, 0) is 55.5 Å². The Hall–Kier alpha value is -2.16. The molecule has 0 radical (unpaired) electrons. The minimum absolute atomic E-state index is 0.681. The highest BCUT2D eigenvalue weighted by molar-refractivity contribution is 5.50. The predicted octanol–water partition coefficient (Wildman–Crippen LogP) is 4.38. The first-order chi connectivity index (χ1) is 10.7. The molecule has 2 N–H and O–H groups in total. The normalized spacial score (nSPS) is 10.5. The largest absolute Gasteiger partial charge is 0.494 e. The van der Waals surface area contributed by atoms with Crippen LogP contribution in [-0.2, 0) is 6.42 Å². The van der Waals surface area contributed by atoms with E-state index in [4.69, 9.17) is 15.2 Å². The smallest absolute Gasteiger partial charge is 0.121 e. The Morgan fingerprint density at radius 2 is 1.45 bits per heavy atom. The molecule has 3 nitrogen and oxygen atoms in total. The number of ether oxygens (including phenoxy) is 2. The van der Waals surface area contributed by atoms with E-state index >= 15 is 0 Å². The van der Waals surface area contributed by atoms with Crippen LogP contribution >= 0.6 is 0 Å². The van der Waals surface area contributed by atoms with Crippen molar-refractivity contribution in [2.45, 2.75) is 33.1 Å². The molecule has 22 heavy (non-hydrogen) atoms. The van der Waals surface area contributed by atoms with E-state index in [9.17, 15) is 0 Å². The van der Waals surface area contributed by atoms with Gasteiger partial charge in [0.25, 0.3) is 0 Å². The van der Waals surface area contributed by atoms with Crippen LogP contribution in [0.5, 0.6) is 11.5 Å². The minimum atomic E-state index is 0.681. The lowest BCUT2D eigenvalue weighted by molar-refractivity contribution is 0.266. The lowest BCUT2D eigenvalue weighted by Gasteiger charge is -2.09. The molecule has 0 saturated carbocycles. The molecule has 2 aromatic rings. The lowest BCUT2D eigenvalue weighted by Crippen LogP contribution is -2.03. The van der Waals surface area contributed by atoms with Gasteiger partial charge in [0, 0.05) is 11.8 Å². The average Bonchev–Trinajstić information content (AvgIpc) is 2.54. The van der Waals surface area contributed by atoms with Gasteiger partial charge in [-0.1, -0.05) is 25.1 Å². The Balaban J connectivity index is 1.61. The number of hydrogen-bond donors (Lipinski definition) is 1. The zero-order valence-corrected chi connectivity index (χ0v) is 13.5. The zero-order valence-electron chi connectivity index (χ0n) is 13.5. The second-order valence-electron chi connectivity index (χ2n) is 5.42. The molecule has 0 atom stereocenters. The van der Waals surface area contributed by atoms with E-state index in [2.05, 4.69) is 19.1 Å². The summed E-state index contributed by atoms with van der Waals surface area (Å²) in [6.45, 7) is 5.53. The van der Waals surface area contributed by atoms with Crippen LogP contribution in [-0.4, -0.2) is 13.2 Å². The molecule has 0 saturated heterocycles. The second kappa shape index (κ2) is 8.32. The fraction of sp³-hybridized carbons (Fsp3) is 0.368. The van der Waals surface area contributed by atoms with Gasteiger partial charge < -0.3 is 15.2 Å². The summed E-state index contributed by atoms with van der Waals surface area (Å²) >= 11 is 0. The fourth-order valence-corrected chi connectivity index (χ4v) is 2.11. The van der Waals surface area contributed by atoms with Crippen LogP contribution in [0.1, 0.15) is 30.9 Å². The van der Waals surface area contributed by atoms with Crippen molar-refractivity contribution in [1.82, 2.24) is 0 Å². The van der Waals surface area contributed by atoms with Crippen molar-refractivity contribution in [1.29, 1.82) is 0 Å². The van der Waals surface area contributed by atoms with E-state index in [0.29, 0.717) is 13.2 Å². The van der Waals surface area contributed by atoms with Gasteiger partial charge in [-0.15, -0.1) is 0 Å². The van der Waals surface area contributed by atoms with Crippen LogP contribution in [0.3, 0.4) is 0 Å². The fourth-order valence-electron chi connectivity index (χ4n) is 2.11. The topological polar surface area (TPSA) is 44.5 Å². The maximum atomic E-state index is 5.86. The van der Waals surface area contributed by atoms with Crippen molar-refractivity contribution >= 4 is 5.69 Å². The minimum Gasteiger partial charge on any atom is -0.494 e. The molecule has 0 bridgehead atoms. The van der Waals surface area contributed by atoms with Crippen molar-refractivity contribution < 1.29 is 9.47 Å². The van der Waals surface area contributed by atoms with Crippen molar-refractivity contribution in [2.75, 3.05) is 18.9 Å². The molecule has 0 aliphatic heterocycles. The van der Waals surface area contributed by atoms with Crippen LogP contribution < -0.4 is 15.2 Å². The van der Waals surface area contributed by atoms with Crippen LogP contribution in [0.25, 0.3) is 0 Å². The van der Waals surface area contributed by atoms with Crippen LogP contribution in [0.4, 0.5) is 5.69 Å². The summed E-state index contributed by atoms with van der Waals surface area (Å²) in [6.07, 6.45) is 2.98. The number of unbranched alkanes of at least 4 members (excludes halogenated alkanes) is 1. The highest BCUT2D eigenvalue weighted by atomic mass is 16.5. The maximum Gasteiger partial charge on any atom is 0.121 e. The van der Waals surface area contributed by atoms with Gasteiger partial charge in [-0.25, -0.2) is 0 Å². The van der Waals surface area contributed by atoms with Gasteiger partial charge in [-0.3, -0.25) is 0 Å². The molecule has 3 heteroatoms. The third kappa shape index (κ3) is 4.99. The van der Waals surface area contributed by atoms with Gasteiger partial charge in [0.2, 0.25) is 0 Å². The number of anilines is 1. The summed E-state index contributed by atoms with van der Waals surface area (Å²) in [7, 11) is 0. The van der Waals surface area contributed by atoms with Gasteiger partial charge in [0.05, 0.1) is 13.2 Å². The van der Waals surface area contributed by atoms with Crippen molar-refractivity contribution in [3.63, 3.8) is 0 Å². The Labute approximate surface area is 133 Å². The summed E-state index contributed by atoms with van der Waals surface area (Å²) in [4.78, 5) is 0. The molecule has 0 fully saturated rings. The SMILES string of the molecule is CCc1ccc(OCCCCOc2ccc(C)c(N)c2)cc1. The summed E-state index contributed by atoms with van der Waals surface area (Å²) < 4.78 is 11.4. The van der Waals surface area contributed by atoms with Gasteiger partial charge in [-0.2, -0.15) is 0 Å². The summed E-state index contributed by atoms with van der Waals surface area (Å²) in [5.41, 5.74) is 9.04. The number of nitrogens with two attached hydrogens (primary N) is 1. The summed E-state index contributed by atoms with van der Waals surface area (Å²) in [6, 6.07) is 14.1. The maximum absolute atomic E-state index is 5.86. The Morgan fingerprint density at radius 3 is 2.05 bits per heavy atom. The average molecular weight is 299 g/mol. The Morgan fingerprint density at radius 1 is 0.864 bits per heavy atom. The van der Waals surface area contributed by atoms with Gasteiger partial charge in [0.15, 0.2) is 0 Å². The number of rotatable bonds is 8. The highest BCUT2D eigenvalue weighted by Crippen LogP contribution is 2.19. The first kappa shape index (κ1) is 16.2. The Bertz CT molecular complexity index is 578. The lowest BCUT2D eigenvalue weighted by atomic mass is 10.2. The van der Waals surface area contributed by atoms with E-state index in [1.54, 1.807) is 0 Å². The van der Waals surface area contributed by atoms with Crippen molar-refractivity contribution in [3.8, 4) is 11.5 Å². The molecule has 0 heterocycles. The van der Waals surface area contributed by atoms with E-state index in [-0.39, 0.29) is 0 Å². The number of nitrogen functional groups attached to an aromatic ring is 1. The number of benzene rings is 2. The number of aryl methyl sites for hydroxylation is 2. The zero-order chi connectivity index (χ0) is 15.8. The summed E-state index contributed by atoms with van der Waals surface area (Å²) in [5.74, 6) is 1.77. The van der Waals surface area contributed by atoms with E-state index in [1.165, 1.54) is 5.56 Å². The second-order valence-corrected chi connectivity index (χ2v) is 5.42. The van der Waals surface area contributed by atoms with E-state index in [1.807, 2.05) is 37.3 Å². The molecule has 0 aliphatic carbocycles. The molecule has 0 aliphatic rings. The monoisotopic (exact) mass is 299 g/mol. The van der Waals surface area contributed by atoms with Crippen LogP contribution in [0.15, 0.2) is 42.5 Å². The molecule has 0 unspecified atom stereocenters. The molecule has 0 spiro atoms. The summed E-state index contributed by atoms with van der Waals surface area (Å²) in [5, 5.41) is 0. The quantitative estimate of drug-likeness (QED) is 0.581. The third-order valence-corrected chi connectivity index (χ3v) is 3.66. The van der Waals surface area contributed by atoms with Gasteiger partial charge in [0.1, 0.15) is 11.5 Å². The molecule has 2 aromatic carbocycles. The number of hydrogen-bond acceptors (Lipinski definition) is 3. The van der Waals surface area contributed by atoms with Crippen molar-refractivity contribution in [2.24, 2.45) is 0 Å². The third-order valence-electron chi connectivity index (χ3n) is 3.66. The van der Waals surface area contributed by atoms with E-state index in [0.717, 1.165) is 42.0 Å². The highest BCUT2D eigenvalue weighted by Gasteiger charge is 1.99. The predicted molar refractivity (Wildman–Crippen MR) is 91.6 cm³/mol. The molecular weight excluding hydrogens is 274 g/mol. The van der Waals surface area contributed by atoms with Crippen LogP contribution in [0.2, 0.25) is 0 Å². The molecule has 0 amide bonds. The van der Waals surface area contributed by atoms with Gasteiger partial charge >= 0.3 is 0 Å². The first-order valence-electron chi connectivity index (χ1n) is 7.89. The molecular formula is C19H25NO2. The van der Waals surface area contributed by atoms with Crippen molar-refractivity contribution in [3.05, 3.63) is 53.6 Å². The van der Waals surface area contributed by atoms with E-state index < -0.39 is 0 Å². The first-order valence-corrected chi connectivity index (χ1v) is 7.89. The standard InChI is InChI=1S/C19H25NO2/c1-3-16-7-10-17(11-8-16)21-12-4-5-13-22-18-9-6-15(2)19(20)14-18/h6-11,14H,3-5,12-13,20H2,1-2H3. The molecule has 118 valence electrons. The Kier molecular flexibility index (Phi) is 6.13. The molecule has 2 rings (SSSR count). The molecule has 0 aromatic heterocycles. The van der Waals surface area contributed by atoms with Crippen LogP contribution in [0, 0.1) is 6.92 Å².